The summed E-state index contributed by atoms with van der Waals surface area (Å²) in [7, 11) is 0. The number of hydrogen-bond donors (Lipinski definition) is 3. The van der Waals surface area contributed by atoms with Crippen LogP contribution in [0.4, 0.5) is 0 Å². The molecule has 4 rings (SSSR count). The lowest BCUT2D eigenvalue weighted by atomic mass is 9.96. The first kappa shape index (κ1) is 22.2. The Balaban J connectivity index is 1.53. The van der Waals surface area contributed by atoms with Gasteiger partial charge in [0.05, 0.1) is 11.6 Å². The average molecular weight is 435 g/mol. The number of aromatic nitrogens is 1. The number of nitrogens with one attached hydrogen (secondary N) is 2. The summed E-state index contributed by atoms with van der Waals surface area (Å²) in [6.45, 7) is 6.09. The van der Waals surface area contributed by atoms with E-state index in [2.05, 4.69) is 36.3 Å². The number of H-pyrrole nitrogens is 1. The van der Waals surface area contributed by atoms with Crippen molar-refractivity contribution in [3.63, 3.8) is 0 Å². The van der Waals surface area contributed by atoms with E-state index in [-0.39, 0.29) is 17.4 Å². The zero-order valence-corrected chi connectivity index (χ0v) is 18.8. The molecule has 0 bridgehead atoms. The summed E-state index contributed by atoms with van der Waals surface area (Å²) in [5.41, 5.74) is 6.56. The predicted molar refractivity (Wildman–Crippen MR) is 125 cm³/mol. The Kier molecular flexibility index (Phi) is 6.44. The molecule has 0 radical (unpaired) electrons. The molecule has 32 heavy (non-hydrogen) atoms. The molecule has 3 N–H and O–H groups in total. The zero-order chi connectivity index (χ0) is 22.8. The summed E-state index contributed by atoms with van der Waals surface area (Å²) in [6, 6.07) is 11.2. The second-order valence-corrected chi connectivity index (χ2v) is 8.44. The van der Waals surface area contributed by atoms with E-state index >= 15 is 0 Å². The Morgan fingerprint density at radius 1 is 1.09 bits per heavy atom. The fourth-order valence-corrected chi connectivity index (χ4v) is 4.84. The molecule has 2 aromatic carbocycles. The van der Waals surface area contributed by atoms with E-state index in [0.29, 0.717) is 23.0 Å². The lowest BCUT2D eigenvalue weighted by molar-refractivity contribution is -0.131. The first-order valence-corrected chi connectivity index (χ1v) is 11.3. The van der Waals surface area contributed by atoms with E-state index in [4.69, 9.17) is 4.74 Å². The van der Waals surface area contributed by atoms with E-state index in [1.54, 1.807) is 18.2 Å². The number of carbonyl (C=O) groups excluding carboxylic acids is 1. The molecule has 1 heterocycles. The molecule has 6 heteroatoms. The molecule has 168 valence electrons. The molecule has 1 aliphatic rings. The fourth-order valence-electron chi connectivity index (χ4n) is 4.84. The third kappa shape index (κ3) is 4.33. The van der Waals surface area contributed by atoms with E-state index in [0.717, 1.165) is 25.7 Å². The minimum absolute atomic E-state index is 0.277. The third-order valence-corrected chi connectivity index (χ3v) is 6.39. The first-order chi connectivity index (χ1) is 15.4. The van der Waals surface area contributed by atoms with Crippen molar-refractivity contribution < 1.29 is 14.6 Å². The maximum absolute atomic E-state index is 11.8. The Morgan fingerprint density at radius 2 is 1.75 bits per heavy atom. The highest BCUT2D eigenvalue weighted by Gasteiger charge is 2.26. The molecule has 0 aliphatic heterocycles. The molecule has 0 amide bonds. The molecule has 1 aliphatic carbocycles. The van der Waals surface area contributed by atoms with Crippen molar-refractivity contribution in [2.24, 2.45) is 0 Å². The van der Waals surface area contributed by atoms with Gasteiger partial charge in [-0.25, -0.2) is 0 Å². The number of aryl methyl sites for hydroxylation is 2. The van der Waals surface area contributed by atoms with Gasteiger partial charge in [-0.3, -0.25) is 9.59 Å². The van der Waals surface area contributed by atoms with Gasteiger partial charge in [0.15, 0.2) is 5.75 Å². The number of aliphatic hydroxyl groups is 1. The Hall–Kier alpha value is -2.96. The number of pyridine rings is 1. The van der Waals surface area contributed by atoms with E-state index in [1.165, 1.54) is 35.2 Å². The standard InChI is InChI=1S/C26H30N2O4/c1-4-16-6-7-17(5-2)22-13-18(12-21(16)22)27-14-23(30)19-8-10-24(32-15(3)29)26-20(19)9-11-25(31)28-26/h6-11,18,23,27,30H,4-5,12-14H2,1-3H3,(H,28,31). The van der Waals surface area contributed by atoms with Crippen LogP contribution in [-0.2, 0) is 30.5 Å². The average Bonchev–Trinajstić information content (AvgIpc) is 3.21. The van der Waals surface area contributed by atoms with Gasteiger partial charge in [0.2, 0.25) is 5.56 Å². The molecule has 0 saturated carbocycles. The van der Waals surface area contributed by atoms with Gasteiger partial charge in [0, 0.05) is 31.0 Å². The third-order valence-electron chi connectivity index (χ3n) is 6.39. The normalized spacial score (nSPS) is 14.5. The van der Waals surface area contributed by atoms with Gasteiger partial charge in [-0.2, -0.15) is 0 Å². The van der Waals surface area contributed by atoms with Gasteiger partial charge < -0.3 is 20.1 Å². The second kappa shape index (κ2) is 9.27. The number of esters is 1. The van der Waals surface area contributed by atoms with Crippen molar-refractivity contribution in [3.05, 3.63) is 74.6 Å². The van der Waals surface area contributed by atoms with Crippen molar-refractivity contribution in [1.29, 1.82) is 0 Å². The van der Waals surface area contributed by atoms with Crippen LogP contribution in [0.15, 0.2) is 41.2 Å². The Morgan fingerprint density at radius 3 is 2.34 bits per heavy atom. The van der Waals surface area contributed by atoms with Crippen LogP contribution in [0.25, 0.3) is 10.9 Å². The lowest BCUT2D eigenvalue weighted by Crippen LogP contribution is -2.33. The number of ether oxygens (including phenoxy) is 1. The van der Waals surface area contributed by atoms with Gasteiger partial charge in [-0.05, 0) is 65.6 Å². The molecule has 1 unspecified atom stereocenters. The van der Waals surface area contributed by atoms with Crippen molar-refractivity contribution in [3.8, 4) is 5.75 Å². The first-order valence-electron chi connectivity index (χ1n) is 11.3. The summed E-state index contributed by atoms with van der Waals surface area (Å²) in [4.78, 5) is 26.0. The van der Waals surface area contributed by atoms with Gasteiger partial charge in [0.25, 0.3) is 0 Å². The summed E-state index contributed by atoms with van der Waals surface area (Å²) in [5, 5.41) is 15.2. The molecule has 0 spiro atoms. The van der Waals surface area contributed by atoms with Gasteiger partial charge in [-0.1, -0.05) is 32.0 Å². The maximum atomic E-state index is 11.8. The Labute approximate surface area is 187 Å². The summed E-state index contributed by atoms with van der Waals surface area (Å²) >= 11 is 0. The predicted octanol–water partition coefficient (Wildman–Crippen LogP) is 3.37. The van der Waals surface area contributed by atoms with Crippen LogP contribution in [0.5, 0.6) is 5.75 Å². The molecular formula is C26H30N2O4. The maximum Gasteiger partial charge on any atom is 0.308 e. The minimum Gasteiger partial charge on any atom is -0.424 e. The van der Waals surface area contributed by atoms with Crippen molar-refractivity contribution in [1.82, 2.24) is 10.3 Å². The number of aromatic amines is 1. The molecule has 0 fully saturated rings. The molecule has 3 aromatic rings. The highest BCUT2D eigenvalue weighted by molar-refractivity contribution is 5.89. The molecule has 6 nitrogen and oxygen atoms in total. The van der Waals surface area contributed by atoms with Gasteiger partial charge in [-0.15, -0.1) is 0 Å². The number of fused-ring (bicyclic) bond motifs is 2. The van der Waals surface area contributed by atoms with Crippen LogP contribution in [-0.4, -0.2) is 28.6 Å². The number of hydrogen-bond acceptors (Lipinski definition) is 5. The van der Waals surface area contributed by atoms with E-state index in [9.17, 15) is 14.7 Å². The number of rotatable bonds is 7. The summed E-state index contributed by atoms with van der Waals surface area (Å²) in [5.74, 6) is -0.191. The topological polar surface area (TPSA) is 91.4 Å². The highest BCUT2D eigenvalue weighted by Crippen LogP contribution is 2.32. The van der Waals surface area contributed by atoms with Gasteiger partial charge >= 0.3 is 5.97 Å². The largest absolute Gasteiger partial charge is 0.424 e. The van der Waals surface area contributed by atoms with Crippen LogP contribution in [0.1, 0.15) is 54.7 Å². The van der Waals surface area contributed by atoms with Crippen molar-refractivity contribution >= 4 is 16.9 Å². The molecule has 1 atom stereocenters. The van der Waals surface area contributed by atoms with Crippen LogP contribution >= 0.6 is 0 Å². The van der Waals surface area contributed by atoms with Crippen LogP contribution in [0, 0.1) is 0 Å². The SMILES string of the molecule is CCc1ccc(CC)c2c1CC(NCC(O)c1ccc(OC(C)=O)c3[nH]c(=O)ccc13)C2. The van der Waals surface area contributed by atoms with Crippen molar-refractivity contribution in [2.45, 2.75) is 58.6 Å². The minimum atomic E-state index is -0.769. The number of carbonyl (C=O) groups is 1. The van der Waals surface area contributed by atoms with Crippen LogP contribution in [0.3, 0.4) is 0 Å². The van der Waals surface area contributed by atoms with Crippen molar-refractivity contribution in [2.75, 3.05) is 6.54 Å². The van der Waals surface area contributed by atoms with Gasteiger partial charge in [0.1, 0.15) is 0 Å². The second-order valence-electron chi connectivity index (χ2n) is 8.44. The molecular weight excluding hydrogens is 404 g/mol. The number of benzene rings is 2. The zero-order valence-electron chi connectivity index (χ0n) is 18.8. The molecule has 1 aromatic heterocycles. The Bertz CT molecular complexity index is 1180. The monoisotopic (exact) mass is 434 g/mol. The summed E-state index contributed by atoms with van der Waals surface area (Å²) < 4.78 is 5.23. The number of aliphatic hydroxyl groups excluding tert-OH is 1. The van der Waals surface area contributed by atoms with Crippen LogP contribution < -0.4 is 15.6 Å². The van der Waals surface area contributed by atoms with E-state index < -0.39 is 12.1 Å². The molecule has 0 saturated heterocycles. The van der Waals surface area contributed by atoms with E-state index in [1.807, 2.05) is 0 Å². The lowest BCUT2D eigenvalue weighted by Gasteiger charge is -2.19. The fraction of sp³-hybridized carbons (Fsp3) is 0.385. The van der Waals surface area contributed by atoms with Crippen LogP contribution in [0.2, 0.25) is 0 Å². The summed E-state index contributed by atoms with van der Waals surface area (Å²) in [6.07, 6.45) is 3.23. The quantitative estimate of drug-likeness (QED) is 0.392. The highest BCUT2D eigenvalue weighted by atomic mass is 16.5. The smallest absolute Gasteiger partial charge is 0.308 e.